The normalized spacial score (nSPS) is 19.8. The van der Waals surface area contributed by atoms with Gasteiger partial charge in [-0.15, -0.1) is 11.3 Å². The molecule has 0 saturated carbocycles. The molecule has 23 heavy (non-hydrogen) atoms. The lowest BCUT2D eigenvalue weighted by atomic mass is 9.74. The highest BCUT2D eigenvalue weighted by molar-refractivity contribution is 7.10. The summed E-state index contributed by atoms with van der Waals surface area (Å²) in [5.41, 5.74) is 0.929. The van der Waals surface area contributed by atoms with Gasteiger partial charge in [0.2, 0.25) is 0 Å². The molecule has 1 aliphatic heterocycles. The van der Waals surface area contributed by atoms with Gasteiger partial charge in [-0.3, -0.25) is 4.79 Å². The Morgan fingerprint density at radius 1 is 1.39 bits per heavy atom. The monoisotopic (exact) mass is 330 g/mol. The molecule has 1 aliphatic rings. The summed E-state index contributed by atoms with van der Waals surface area (Å²) in [6.07, 6.45) is 0. The maximum Gasteiger partial charge on any atom is 0.257 e. The number of carbonyl (C=O) groups is 1. The highest BCUT2D eigenvalue weighted by Gasteiger charge is 2.49. The molecule has 1 fully saturated rings. The van der Waals surface area contributed by atoms with Crippen molar-refractivity contribution in [3.63, 3.8) is 0 Å². The van der Waals surface area contributed by atoms with Crippen molar-refractivity contribution in [2.45, 2.75) is 19.9 Å². The lowest BCUT2D eigenvalue weighted by Crippen LogP contribution is -2.57. The van der Waals surface area contributed by atoms with Crippen molar-refractivity contribution in [1.82, 2.24) is 20.3 Å². The maximum atomic E-state index is 14.3. The van der Waals surface area contributed by atoms with Crippen LogP contribution in [0.25, 0.3) is 11.0 Å². The third-order valence-electron chi connectivity index (χ3n) is 4.34. The second kappa shape index (κ2) is 4.86. The Morgan fingerprint density at radius 3 is 2.78 bits per heavy atom. The van der Waals surface area contributed by atoms with E-state index in [2.05, 4.69) is 29.3 Å². The number of nitrogens with zero attached hydrogens (tertiary/aromatic N) is 3. The molecule has 1 saturated heterocycles. The quantitative estimate of drug-likeness (QED) is 0.783. The van der Waals surface area contributed by atoms with E-state index >= 15 is 0 Å². The highest BCUT2D eigenvalue weighted by Crippen LogP contribution is 2.50. The van der Waals surface area contributed by atoms with Crippen LogP contribution in [0, 0.1) is 11.2 Å². The number of likely N-dealkylation sites (tertiary alicyclic amines) is 1. The molecule has 1 unspecified atom stereocenters. The molecular weight excluding hydrogens is 315 g/mol. The zero-order valence-corrected chi connectivity index (χ0v) is 13.5. The van der Waals surface area contributed by atoms with Crippen LogP contribution in [0.2, 0.25) is 0 Å². The highest BCUT2D eigenvalue weighted by atomic mass is 32.1. The first kappa shape index (κ1) is 14.3. The van der Waals surface area contributed by atoms with Crippen LogP contribution in [0.3, 0.4) is 0 Å². The number of rotatable bonds is 2. The molecule has 0 aliphatic carbocycles. The number of H-pyrrole nitrogens is 1. The molecule has 118 valence electrons. The Bertz CT molecular complexity index is 887. The van der Waals surface area contributed by atoms with Gasteiger partial charge in [-0.25, -0.2) is 4.39 Å². The van der Waals surface area contributed by atoms with Crippen LogP contribution in [0.1, 0.15) is 35.1 Å². The van der Waals surface area contributed by atoms with Gasteiger partial charge in [-0.1, -0.05) is 19.9 Å². The fourth-order valence-electron chi connectivity index (χ4n) is 3.28. The average Bonchev–Trinajstić information content (AvgIpc) is 3.14. The predicted octanol–water partition coefficient (Wildman–Crippen LogP) is 3.38. The maximum absolute atomic E-state index is 14.3. The van der Waals surface area contributed by atoms with Gasteiger partial charge >= 0.3 is 0 Å². The second-order valence-electron chi connectivity index (χ2n) is 6.48. The lowest BCUT2D eigenvalue weighted by Gasteiger charge is -2.54. The molecule has 1 N–H and O–H groups in total. The van der Waals surface area contributed by atoms with Crippen LogP contribution < -0.4 is 0 Å². The number of nitrogens with one attached hydrogen (secondary N) is 1. The van der Waals surface area contributed by atoms with Gasteiger partial charge < -0.3 is 4.90 Å². The van der Waals surface area contributed by atoms with Gasteiger partial charge in [-0.2, -0.15) is 15.4 Å². The van der Waals surface area contributed by atoms with Gasteiger partial charge in [0.05, 0.1) is 11.6 Å². The molecule has 0 radical (unpaired) electrons. The largest absolute Gasteiger partial charge is 0.329 e. The minimum absolute atomic E-state index is 0.0189. The van der Waals surface area contributed by atoms with Crippen LogP contribution in [0.4, 0.5) is 4.39 Å². The number of thiophene rings is 1. The smallest absolute Gasteiger partial charge is 0.257 e. The molecule has 5 nitrogen and oxygen atoms in total. The summed E-state index contributed by atoms with van der Waals surface area (Å²) in [6.45, 7) is 4.85. The van der Waals surface area contributed by atoms with Crippen molar-refractivity contribution in [2.75, 3.05) is 6.54 Å². The summed E-state index contributed by atoms with van der Waals surface area (Å²) in [7, 11) is 0. The standard InChI is InChI=1S/C16H15FN4OS/c1-16(2)8-21(14(16)13-4-3-5-23-13)15(22)9-6-11-12(7-10(9)17)19-20-18-11/h3-7,14H,8H2,1-2H3,(H,18,19,20). The van der Waals surface area contributed by atoms with Crippen molar-refractivity contribution >= 4 is 28.3 Å². The number of halogens is 1. The molecule has 7 heteroatoms. The molecule has 4 rings (SSSR count). The molecular formula is C16H15FN4OS. The van der Waals surface area contributed by atoms with E-state index in [0.29, 0.717) is 17.6 Å². The number of benzene rings is 1. The van der Waals surface area contributed by atoms with Crippen molar-refractivity contribution in [2.24, 2.45) is 5.41 Å². The van der Waals surface area contributed by atoms with E-state index in [1.807, 2.05) is 17.5 Å². The van der Waals surface area contributed by atoms with Crippen LogP contribution in [-0.4, -0.2) is 32.8 Å². The number of aromatic amines is 1. The Morgan fingerprint density at radius 2 is 2.13 bits per heavy atom. The van der Waals surface area contributed by atoms with Crippen LogP contribution >= 0.6 is 11.3 Å². The zero-order valence-electron chi connectivity index (χ0n) is 12.7. The Balaban J connectivity index is 1.72. The van der Waals surface area contributed by atoms with Gasteiger partial charge in [-0.05, 0) is 17.5 Å². The fourth-order valence-corrected chi connectivity index (χ4v) is 4.33. The van der Waals surface area contributed by atoms with E-state index in [0.717, 1.165) is 4.88 Å². The van der Waals surface area contributed by atoms with E-state index < -0.39 is 5.82 Å². The van der Waals surface area contributed by atoms with Gasteiger partial charge in [0.15, 0.2) is 0 Å². The summed E-state index contributed by atoms with van der Waals surface area (Å²) < 4.78 is 14.3. The number of aromatic nitrogens is 3. The van der Waals surface area contributed by atoms with E-state index in [9.17, 15) is 9.18 Å². The van der Waals surface area contributed by atoms with Crippen molar-refractivity contribution in [3.8, 4) is 0 Å². The molecule has 1 aromatic carbocycles. The molecule has 0 spiro atoms. The predicted molar refractivity (Wildman–Crippen MR) is 85.7 cm³/mol. The Labute approximate surface area is 136 Å². The molecule has 1 atom stereocenters. The number of amides is 1. The molecule has 2 aromatic heterocycles. The summed E-state index contributed by atoms with van der Waals surface area (Å²) in [6, 6.07) is 6.68. The van der Waals surface area contributed by atoms with E-state index in [1.54, 1.807) is 16.2 Å². The number of hydrogen-bond donors (Lipinski definition) is 1. The van der Waals surface area contributed by atoms with E-state index in [1.165, 1.54) is 12.1 Å². The van der Waals surface area contributed by atoms with E-state index in [4.69, 9.17) is 0 Å². The number of fused-ring (bicyclic) bond motifs is 1. The number of carbonyl (C=O) groups excluding carboxylic acids is 1. The third kappa shape index (κ3) is 2.15. The topological polar surface area (TPSA) is 61.9 Å². The number of hydrogen-bond acceptors (Lipinski definition) is 4. The summed E-state index contributed by atoms with van der Waals surface area (Å²) in [5, 5.41) is 12.2. The zero-order chi connectivity index (χ0) is 16.2. The Kier molecular flexibility index (Phi) is 3.02. The first-order valence-corrected chi connectivity index (χ1v) is 8.20. The molecule has 3 aromatic rings. The molecule has 1 amide bonds. The van der Waals surface area contributed by atoms with Crippen LogP contribution in [0.15, 0.2) is 29.6 Å². The fraction of sp³-hybridized carbons (Fsp3) is 0.312. The van der Waals surface area contributed by atoms with Gasteiger partial charge in [0.25, 0.3) is 5.91 Å². The third-order valence-corrected chi connectivity index (χ3v) is 5.26. The summed E-state index contributed by atoms with van der Waals surface area (Å²) >= 11 is 1.62. The van der Waals surface area contributed by atoms with Crippen molar-refractivity contribution in [3.05, 3.63) is 45.9 Å². The van der Waals surface area contributed by atoms with Crippen molar-refractivity contribution < 1.29 is 9.18 Å². The minimum atomic E-state index is -0.564. The van der Waals surface area contributed by atoms with Crippen LogP contribution in [0.5, 0.6) is 0 Å². The van der Waals surface area contributed by atoms with Gasteiger partial charge in [0.1, 0.15) is 16.9 Å². The minimum Gasteiger partial charge on any atom is -0.329 e. The molecule has 3 heterocycles. The Hall–Kier alpha value is -2.28. The first-order chi connectivity index (χ1) is 11.0. The van der Waals surface area contributed by atoms with E-state index in [-0.39, 0.29) is 22.9 Å². The van der Waals surface area contributed by atoms with Gasteiger partial charge in [0, 0.05) is 22.9 Å². The van der Waals surface area contributed by atoms with Crippen LogP contribution in [-0.2, 0) is 0 Å². The average molecular weight is 330 g/mol. The SMILES string of the molecule is CC1(C)CN(C(=O)c2cc3n[nH]nc3cc2F)C1c1cccs1. The second-order valence-corrected chi connectivity index (χ2v) is 7.46. The first-order valence-electron chi connectivity index (χ1n) is 7.32. The molecule has 0 bridgehead atoms. The summed E-state index contributed by atoms with van der Waals surface area (Å²) in [5.74, 6) is -0.865. The summed E-state index contributed by atoms with van der Waals surface area (Å²) in [4.78, 5) is 15.7. The van der Waals surface area contributed by atoms with Crippen molar-refractivity contribution in [1.29, 1.82) is 0 Å². The lowest BCUT2D eigenvalue weighted by molar-refractivity contribution is -0.0308.